The van der Waals surface area contributed by atoms with Crippen LogP contribution in [-0.4, -0.2) is 10.1 Å². The Kier molecular flexibility index (Phi) is 2.65. The number of hydrogen-bond donors (Lipinski definition) is 1. The summed E-state index contributed by atoms with van der Waals surface area (Å²) >= 11 is 5.42. The SMILES string of the molecule is Cc1c(C(C)O)cnc(Cl)c1F. The van der Waals surface area contributed by atoms with E-state index in [1.54, 1.807) is 13.8 Å². The molecule has 1 aromatic heterocycles. The molecule has 2 nitrogen and oxygen atoms in total. The summed E-state index contributed by atoms with van der Waals surface area (Å²) in [6.45, 7) is 3.11. The highest BCUT2D eigenvalue weighted by atomic mass is 35.5. The number of pyridine rings is 1. The fourth-order valence-corrected chi connectivity index (χ4v) is 1.17. The van der Waals surface area contributed by atoms with Crippen molar-refractivity contribution in [2.45, 2.75) is 20.0 Å². The minimum Gasteiger partial charge on any atom is -0.389 e. The maximum absolute atomic E-state index is 13.0. The number of halogens is 2. The second-order valence-corrected chi connectivity index (χ2v) is 2.98. The normalized spacial score (nSPS) is 13.1. The van der Waals surface area contributed by atoms with Gasteiger partial charge in [-0.3, -0.25) is 0 Å². The van der Waals surface area contributed by atoms with Crippen LogP contribution in [0.4, 0.5) is 4.39 Å². The first kappa shape index (κ1) is 9.42. The van der Waals surface area contributed by atoms with E-state index < -0.39 is 11.9 Å². The molecule has 1 rings (SSSR count). The Labute approximate surface area is 75.0 Å². The van der Waals surface area contributed by atoms with Crippen LogP contribution in [0.2, 0.25) is 5.15 Å². The van der Waals surface area contributed by atoms with Crippen LogP contribution in [-0.2, 0) is 0 Å². The summed E-state index contributed by atoms with van der Waals surface area (Å²) in [6.07, 6.45) is 0.662. The van der Waals surface area contributed by atoms with Crippen LogP contribution in [0.15, 0.2) is 6.20 Å². The van der Waals surface area contributed by atoms with Crippen LogP contribution in [0.25, 0.3) is 0 Å². The van der Waals surface area contributed by atoms with E-state index in [0.717, 1.165) is 0 Å². The molecule has 0 saturated carbocycles. The van der Waals surface area contributed by atoms with Crippen LogP contribution in [0.3, 0.4) is 0 Å². The molecule has 1 unspecified atom stereocenters. The Balaban J connectivity index is 3.27. The van der Waals surface area contributed by atoms with Crippen molar-refractivity contribution >= 4 is 11.6 Å². The predicted octanol–water partition coefficient (Wildman–Crippen LogP) is 2.24. The Morgan fingerprint density at radius 3 is 2.75 bits per heavy atom. The molecular formula is C8H9ClFNO. The minimum absolute atomic E-state index is 0.156. The lowest BCUT2D eigenvalue weighted by atomic mass is 10.1. The van der Waals surface area contributed by atoms with Crippen LogP contribution in [0, 0.1) is 12.7 Å². The summed E-state index contributed by atoms with van der Waals surface area (Å²) in [5.41, 5.74) is 0.821. The molecule has 0 aliphatic heterocycles. The first-order chi connectivity index (χ1) is 5.54. The third kappa shape index (κ3) is 1.57. The molecule has 0 saturated heterocycles. The van der Waals surface area contributed by atoms with Gasteiger partial charge in [-0.05, 0) is 19.4 Å². The maximum Gasteiger partial charge on any atom is 0.165 e. The molecule has 1 N–H and O–H groups in total. The molecular weight excluding hydrogens is 181 g/mol. The van der Waals surface area contributed by atoms with Crippen LogP contribution in [0.5, 0.6) is 0 Å². The van der Waals surface area contributed by atoms with Crippen LogP contribution < -0.4 is 0 Å². The largest absolute Gasteiger partial charge is 0.389 e. The highest BCUT2D eigenvalue weighted by Crippen LogP contribution is 2.22. The van der Waals surface area contributed by atoms with Crippen molar-refractivity contribution in [2.75, 3.05) is 0 Å². The van der Waals surface area contributed by atoms with E-state index in [1.807, 2.05) is 0 Å². The molecule has 0 fully saturated rings. The average Bonchev–Trinajstić information content (AvgIpc) is 2.00. The predicted molar refractivity (Wildman–Crippen MR) is 44.6 cm³/mol. The van der Waals surface area contributed by atoms with Gasteiger partial charge in [-0.15, -0.1) is 0 Å². The quantitative estimate of drug-likeness (QED) is 0.688. The number of aromatic nitrogens is 1. The summed E-state index contributed by atoms with van der Waals surface area (Å²) in [5.74, 6) is -0.560. The van der Waals surface area contributed by atoms with Gasteiger partial charge in [0, 0.05) is 11.8 Å². The number of aliphatic hydroxyl groups excluding tert-OH is 1. The van der Waals surface area contributed by atoms with E-state index in [9.17, 15) is 9.50 Å². The summed E-state index contributed by atoms with van der Waals surface area (Å²) in [6, 6.07) is 0. The lowest BCUT2D eigenvalue weighted by Crippen LogP contribution is -1.99. The van der Waals surface area contributed by atoms with Gasteiger partial charge in [0.15, 0.2) is 11.0 Å². The molecule has 0 aliphatic carbocycles. The van der Waals surface area contributed by atoms with Crippen molar-refractivity contribution < 1.29 is 9.50 Å². The molecule has 0 bridgehead atoms. The topological polar surface area (TPSA) is 33.1 Å². The van der Waals surface area contributed by atoms with Crippen molar-refractivity contribution in [3.05, 3.63) is 28.3 Å². The summed E-state index contributed by atoms with van der Waals surface area (Å²) < 4.78 is 13.0. The lowest BCUT2D eigenvalue weighted by molar-refractivity contribution is 0.197. The summed E-state index contributed by atoms with van der Waals surface area (Å²) in [4.78, 5) is 3.59. The van der Waals surface area contributed by atoms with E-state index in [0.29, 0.717) is 11.1 Å². The van der Waals surface area contributed by atoms with Gasteiger partial charge in [0.1, 0.15) is 0 Å². The monoisotopic (exact) mass is 189 g/mol. The summed E-state index contributed by atoms with van der Waals surface area (Å²) in [7, 11) is 0. The lowest BCUT2D eigenvalue weighted by Gasteiger charge is -2.08. The number of nitrogens with zero attached hydrogens (tertiary/aromatic N) is 1. The molecule has 1 aromatic rings. The molecule has 1 heterocycles. The second-order valence-electron chi connectivity index (χ2n) is 2.62. The van der Waals surface area contributed by atoms with Gasteiger partial charge >= 0.3 is 0 Å². The third-order valence-electron chi connectivity index (χ3n) is 1.71. The van der Waals surface area contributed by atoms with Gasteiger partial charge in [-0.1, -0.05) is 11.6 Å². The molecule has 1 atom stereocenters. The minimum atomic E-state index is -0.718. The maximum atomic E-state index is 13.0. The van der Waals surface area contributed by atoms with Crippen molar-refractivity contribution in [3.63, 3.8) is 0 Å². The molecule has 0 spiro atoms. The zero-order valence-corrected chi connectivity index (χ0v) is 7.56. The fraction of sp³-hybridized carbons (Fsp3) is 0.375. The third-order valence-corrected chi connectivity index (χ3v) is 1.97. The van der Waals surface area contributed by atoms with Gasteiger partial charge in [-0.25, -0.2) is 9.37 Å². The number of rotatable bonds is 1. The van der Waals surface area contributed by atoms with Crippen molar-refractivity contribution in [1.29, 1.82) is 0 Å². The van der Waals surface area contributed by atoms with E-state index in [4.69, 9.17) is 11.6 Å². The Morgan fingerprint density at radius 1 is 1.67 bits per heavy atom. The molecule has 0 radical (unpaired) electrons. The Morgan fingerprint density at radius 2 is 2.25 bits per heavy atom. The standard InChI is InChI=1S/C8H9ClFNO/c1-4-6(5(2)12)3-11-8(9)7(4)10/h3,5,12H,1-2H3. The van der Waals surface area contributed by atoms with Crippen molar-refractivity contribution in [1.82, 2.24) is 4.98 Å². The molecule has 0 amide bonds. The van der Waals surface area contributed by atoms with Crippen LogP contribution >= 0.6 is 11.6 Å². The first-order valence-corrected chi connectivity index (χ1v) is 3.90. The number of aliphatic hydroxyl groups is 1. The van der Waals surface area contributed by atoms with Crippen LogP contribution in [0.1, 0.15) is 24.2 Å². The molecule has 12 heavy (non-hydrogen) atoms. The van der Waals surface area contributed by atoms with Gasteiger partial charge in [0.2, 0.25) is 0 Å². The van der Waals surface area contributed by atoms with Crippen molar-refractivity contribution in [2.24, 2.45) is 0 Å². The summed E-state index contributed by atoms with van der Waals surface area (Å²) in [5, 5.41) is 9.01. The van der Waals surface area contributed by atoms with E-state index in [-0.39, 0.29) is 5.15 Å². The van der Waals surface area contributed by atoms with Gasteiger partial charge in [0.25, 0.3) is 0 Å². The van der Waals surface area contributed by atoms with E-state index >= 15 is 0 Å². The average molecular weight is 190 g/mol. The van der Waals surface area contributed by atoms with E-state index in [1.165, 1.54) is 6.20 Å². The highest BCUT2D eigenvalue weighted by Gasteiger charge is 2.12. The number of hydrogen-bond acceptors (Lipinski definition) is 2. The van der Waals surface area contributed by atoms with Gasteiger partial charge < -0.3 is 5.11 Å². The smallest absolute Gasteiger partial charge is 0.165 e. The van der Waals surface area contributed by atoms with E-state index in [2.05, 4.69) is 4.98 Å². The molecule has 4 heteroatoms. The Bertz CT molecular complexity index is 301. The van der Waals surface area contributed by atoms with Gasteiger partial charge in [-0.2, -0.15) is 0 Å². The molecule has 0 aromatic carbocycles. The Hall–Kier alpha value is -0.670. The zero-order valence-electron chi connectivity index (χ0n) is 6.81. The molecule has 66 valence electrons. The fourth-order valence-electron chi connectivity index (χ4n) is 0.982. The zero-order chi connectivity index (χ0) is 9.30. The molecule has 0 aliphatic rings. The van der Waals surface area contributed by atoms with Gasteiger partial charge in [0.05, 0.1) is 6.10 Å². The second kappa shape index (κ2) is 3.37. The first-order valence-electron chi connectivity index (χ1n) is 3.52. The highest BCUT2D eigenvalue weighted by molar-refractivity contribution is 6.29. The van der Waals surface area contributed by atoms with Crippen molar-refractivity contribution in [3.8, 4) is 0 Å².